The van der Waals surface area contributed by atoms with E-state index in [2.05, 4.69) is 21.1 Å². The van der Waals surface area contributed by atoms with E-state index in [0.717, 1.165) is 12.1 Å². The summed E-state index contributed by atoms with van der Waals surface area (Å²) in [5.41, 5.74) is -0.455. The molecule has 0 aliphatic carbocycles. The van der Waals surface area contributed by atoms with Crippen LogP contribution in [0.2, 0.25) is 5.02 Å². The molecule has 3 N–H and O–H groups in total. The number of amides is 3. The topological polar surface area (TPSA) is 92.4 Å². The third-order valence-corrected chi connectivity index (χ3v) is 5.79. The van der Waals surface area contributed by atoms with E-state index in [4.69, 9.17) is 16.4 Å². The van der Waals surface area contributed by atoms with E-state index in [1.54, 1.807) is 30.3 Å². The Bertz CT molecular complexity index is 1260. The van der Waals surface area contributed by atoms with Crippen molar-refractivity contribution in [3.8, 4) is 0 Å². The van der Waals surface area contributed by atoms with Crippen molar-refractivity contribution in [3.05, 3.63) is 100 Å². The molecule has 1 aliphatic rings. The van der Waals surface area contributed by atoms with Crippen molar-refractivity contribution in [2.45, 2.75) is 24.2 Å². The van der Waals surface area contributed by atoms with Gasteiger partial charge >= 0.3 is 12.2 Å². The summed E-state index contributed by atoms with van der Waals surface area (Å²) in [6, 6.07) is 11.5. The average Bonchev–Trinajstić information content (AvgIpc) is 3.22. The first-order valence-corrected chi connectivity index (χ1v) is 11.0. The predicted octanol–water partition coefficient (Wildman–Crippen LogP) is 4.11. The van der Waals surface area contributed by atoms with Gasteiger partial charge in [-0.3, -0.25) is 14.6 Å². The van der Waals surface area contributed by atoms with E-state index in [0.29, 0.717) is 11.6 Å². The summed E-state index contributed by atoms with van der Waals surface area (Å²) in [7, 11) is 0. The van der Waals surface area contributed by atoms with Gasteiger partial charge in [0.2, 0.25) is 0 Å². The number of aromatic nitrogens is 1. The highest BCUT2D eigenvalue weighted by atomic mass is 35.5. The van der Waals surface area contributed by atoms with Crippen molar-refractivity contribution in [2.75, 3.05) is 6.61 Å². The standard InChI is InChI=1S/C24H19ClF4N4O3/c25-17-6-7-20(30-12-17)23(11-14-4-2-1-3-5-14,32-22(35)31-19-13-36-33-21(19)34)15-8-16(24(27,28)29)10-18(26)9-15/h1-10,12,19H,11,13H2,(H,33,34)(H2,31,32,35)/t19-,23+/m1/s1. The first-order valence-electron chi connectivity index (χ1n) is 10.6. The number of nitrogens with one attached hydrogen (secondary N) is 3. The molecule has 3 amide bonds. The Labute approximate surface area is 207 Å². The lowest BCUT2D eigenvalue weighted by molar-refractivity contribution is -0.137. The number of carbonyl (C=O) groups is 2. The molecule has 7 nitrogen and oxygen atoms in total. The minimum absolute atomic E-state index is 0.0942. The van der Waals surface area contributed by atoms with Crippen molar-refractivity contribution in [2.24, 2.45) is 0 Å². The highest BCUT2D eigenvalue weighted by Gasteiger charge is 2.41. The number of hydrogen-bond acceptors (Lipinski definition) is 4. The largest absolute Gasteiger partial charge is 0.416 e. The third-order valence-electron chi connectivity index (χ3n) is 5.57. The smallest absolute Gasteiger partial charge is 0.324 e. The molecule has 2 atom stereocenters. The zero-order valence-electron chi connectivity index (χ0n) is 18.4. The van der Waals surface area contributed by atoms with E-state index >= 15 is 0 Å². The van der Waals surface area contributed by atoms with Gasteiger partial charge in [-0.1, -0.05) is 41.9 Å². The fraction of sp³-hybridized carbons (Fsp3) is 0.208. The van der Waals surface area contributed by atoms with Gasteiger partial charge in [0, 0.05) is 12.6 Å². The molecular weight excluding hydrogens is 504 g/mol. The summed E-state index contributed by atoms with van der Waals surface area (Å²) in [5, 5.41) is 5.32. The van der Waals surface area contributed by atoms with Gasteiger partial charge < -0.3 is 10.6 Å². The number of alkyl halides is 3. The minimum Gasteiger partial charge on any atom is -0.324 e. The van der Waals surface area contributed by atoms with Crippen LogP contribution in [0, 0.1) is 5.82 Å². The van der Waals surface area contributed by atoms with E-state index in [1.165, 1.54) is 18.3 Å². The van der Waals surface area contributed by atoms with Crippen LogP contribution in [0.5, 0.6) is 0 Å². The van der Waals surface area contributed by atoms with E-state index in [-0.39, 0.29) is 29.3 Å². The molecule has 0 radical (unpaired) electrons. The number of rotatable bonds is 6. The van der Waals surface area contributed by atoms with Crippen LogP contribution in [0.25, 0.3) is 0 Å². The zero-order chi connectivity index (χ0) is 25.9. The summed E-state index contributed by atoms with van der Waals surface area (Å²) in [6.07, 6.45) is -3.70. The fourth-order valence-electron chi connectivity index (χ4n) is 3.89. The lowest BCUT2D eigenvalue weighted by Crippen LogP contribution is -2.55. The SMILES string of the molecule is O=C(N[C@@H]1CONC1=O)N[C@@](Cc1ccccc1)(c1cc(F)cc(C(F)(F)F)c1)c1ccc(Cl)cn1. The van der Waals surface area contributed by atoms with Gasteiger partial charge in [0.25, 0.3) is 5.91 Å². The van der Waals surface area contributed by atoms with Crippen molar-refractivity contribution in [1.29, 1.82) is 0 Å². The Morgan fingerprint density at radius 2 is 1.83 bits per heavy atom. The van der Waals surface area contributed by atoms with Crippen LogP contribution in [0.4, 0.5) is 22.4 Å². The summed E-state index contributed by atoms with van der Waals surface area (Å²) < 4.78 is 55.5. The second kappa shape index (κ2) is 10.1. The Hall–Kier alpha value is -3.70. The molecule has 36 heavy (non-hydrogen) atoms. The summed E-state index contributed by atoms with van der Waals surface area (Å²) >= 11 is 5.98. The number of halogens is 5. The second-order valence-corrected chi connectivity index (χ2v) is 8.52. The lowest BCUT2D eigenvalue weighted by Gasteiger charge is -2.36. The number of hydroxylamine groups is 1. The van der Waals surface area contributed by atoms with Crippen LogP contribution in [0.15, 0.2) is 66.9 Å². The highest BCUT2D eigenvalue weighted by Crippen LogP contribution is 2.37. The van der Waals surface area contributed by atoms with Gasteiger partial charge in [0.05, 0.1) is 16.3 Å². The number of benzene rings is 2. The third kappa shape index (κ3) is 5.58. The molecule has 0 unspecified atom stereocenters. The molecule has 2 heterocycles. The van der Waals surface area contributed by atoms with Gasteiger partial charge in [-0.2, -0.15) is 13.2 Å². The van der Waals surface area contributed by atoms with E-state index in [1.807, 2.05) is 0 Å². The molecule has 188 valence electrons. The van der Waals surface area contributed by atoms with Gasteiger partial charge in [0.15, 0.2) is 0 Å². The Morgan fingerprint density at radius 1 is 1.11 bits per heavy atom. The number of pyridine rings is 1. The molecule has 0 saturated carbocycles. The number of urea groups is 1. The molecule has 3 aromatic rings. The Balaban J connectivity index is 1.89. The van der Waals surface area contributed by atoms with Gasteiger partial charge in [-0.15, -0.1) is 0 Å². The molecule has 0 spiro atoms. The van der Waals surface area contributed by atoms with Crippen LogP contribution in [0.1, 0.15) is 22.4 Å². The van der Waals surface area contributed by atoms with E-state index in [9.17, 15) is 27.2 Å². The molecule has 12 heteroatoms. The van der Waals surface area contributed by atoms with Crippen LogP contribution in [-0.4, -0.2) is 29.6 Å². The van der Waals surface area contributed by atoms with Crippen LogP contribution >= 0.6 is 11.6 Å². The van der Waals surface area contributed by atoms with Gasteiger partial charge in [0.1, 0.15) is 24.0 Å². The summed E-state index contributed by atoms with van der Waals surface area (Å²) in [4.78, 5) is 34.0. The molecule has 0 bridgehead atoms. The maximum absolute atomic E-state index is 14.6. The molecular formula is C24H19ClF4N4O3. The van der Waals surface area contributed by atoms with Gasteiger partial charge in [-0.25, -0.2) is 14.7 Å². The quantitative estimate of drug-likeness (QED) is 0.425. The first kappa shape index (κ1) is 25.4. The summed E-state index contributed by atoms with van der Waals surface area (Å²) in [6.45, 7) is -0.157. The Morgan fingerprint density at radius 3 is 2.44 bits per heavy atom. The van der Waals surface area contributed by atoms with Crippen molar-refractivity contribution in [1.82, 2.24) is 21.1 Å². The summed E-state index contributed by atoms with van der Waals surface area (Å²) in [5.74, 6) is -1.76. The first-order chi connectivity index (χ1) is 17.1. The predicted molar refractivity (Wildman–Crippen MR) is 121 cm³/mol. The van der Waals surface area contributed by atoms with Crippen molar-refractivity contribution in [3.63, 3.8) is 0 Å². The molecule has 1 fully saturated rings. The van der Waals surface area contributed by atoms with Gasteiger partial charge in [-0.05, 0) is 41.5 Å². The fourth-order valence-corrected chi connectivity index (χ4v) is 4.00. The Kier molecular flexibility index (Phi) is 7.14. The monoisotopic (exact) mass is 522 g/mol. The van der Waals surface area contributed by atoms with Crippen LogP contribution in [0.3, 0.4) is 0 Å². The number of nitrogens with zero attached hydrogens (tertiary/aromatic N) is 1. The number of carbonyl (C=O) groups excluding carboxylic acids is 2. The van der Waals surface area contributed by atoms with Crippen molar-refractivity contribution >= 4 is 23.5 Å². The minimum atomic E-state index is -4.86. The molecule has 4 rings (SSSR count). The lowest BCUT2D eigenvalue weighted by atomic mass is 9.79. The zero-order valence-corrected chi connectivity index (χ0v) is 19.2. The molecule has 1 aromatic heterocycles. The molecule has 1 saturated heterocycles. The van der Waals surface area contributed by atoms with Crippen LogP contribution in [-0.2, 0) is 27.8 Å². The molecule has 1 aliphatic heterocycles. The maximum atomic E-state index is 14.6. The van der Waals surface area contributed by atoms with Crippen molar-refractivity contribution < 1.29 is 32.0 Å². The molecule has 2 aromatic carbocycles. The number of hydrogen-bond donors (Lipinski definition) is 3. The highest BCUT2D eigenvalue weighted by molar-refractivity contribution is 6.30. The average molecular weight is 523 g/mol. The van der Waals surface area contributed by atoms with Crippen LogP contribution < -0.4 is 16.1 Å². The maximum Gasteiger partial charge on any atom is 0.416 e. The normalized spacial score (nSPS) is 17.2. The second-order valence-electron chi connectivity index (χ2n) is 8.08. The van der Waals surface area contributed by atoms with E-state index < -0.39 is 41.1 Å².